The Balaban J connectivity index is 2.57. The molecule has 0 aliphatic rings. The maximum absolute atomic E-state index is 11.8. The molecule has 0 fully saturated rings. The van der Waals surface area contributed by atoms with E-state index < -0.39 is 36.5 Å². The monoisotopic (exact) mass is 322 g/mol. The molecule has 4 atom stereocenters. The van der Waals surface area contributed by atoms with E-state index in [1.54, 1.807) is 6.92 Å². The van der Waals surface area contributed by atoms with Crippen LogP contribution in [0, 0.1) is 0 Å². The van der Waals surface area contributed by atoms with Gasteiger partial charge in [-0.25, -0.2) is 0 Å². The van der Waals surface area contributed by atoms with Gasteiger partial charge in [0.25, 0.3) is 0 Å². The van der Waals surface area contributed by atoms with Crippen LogP contribution in [0.1, 0.15) is 44.6 Å². The van der Waals surface area contributed by atoms with Crippen molar-refractivity contribution in [3.05, 3.63) is 35.9 Å². The highest BCUT2D eigenvalue weighted by Crippen LogP contribution is 2.25. The third-order valence-electron chi connectivity index (χ3n) is 3.97. The van der Waals surface area contributed by atoms with E-state index >= 15 is 0 Å². The first-order valence-electron chi connectivity index (χ1n) is 7.85. The molecule has 23 heavy (non-hydrogen) atoms. The van der Waals surface area contributed by atoms with Gasteiger partial charge in [-0.2, -0.15) is 0 Å². The van der Waals surface area contributed by atoms with E-state index in [0.29, 0.717) is 6.42 Å². The Hall–Kier alpha value is -1.92. The maximum atomic E-state index is 11.8. The number of hydrogen-bond acceptors (Lipinski definition) is 4. The first-order valence-corrected chi connectivity index (χ1v) is 7.85. The Morgan fingerprint density at radius 1 is 1.26 bits per heavy atom. The highest BCUT2D eigenvalue weighted by Gasteiger charge is 2.24. The highest BCUT2D eigenvalue weighted by atomic mass is 16.4. The number of aliphatic hydroxyl groups excluding tert-OH is 1. The van der Waals surface area contributed by atoms with Crippen molar-refractivity contribution in [2.75, 3.05) is 0 Å². The summed E-state index contributed by atoms with van der Waals surface area (Å²) < 4.78 is 0. The molecule has 0 unspecified atom stereocenters. The van der Waals surface area contributed by atoms with Crippen molar-refractivity contribution >= 4 is 11.9 Å². The van der Waals surface area contributed by atoms with Crippen LogP contribution in [-0.4, -0.2) is 40.3 Å². The van der Waals surface area contributed by atoms with Gasteiger partial charge in [0, 0.05) is 0 Å². The van der Waals surface area contributed by atoms with Gasteiger partial charge in [-0.3, -0.25) is 9.59 Å². The first kappa shape index (κ1) is 19.1. The molecule has 0 aromatic heterocycles. The number of carboxylic acid groups (broad SMARTS) is 1. The second-order valence-electron chi connectivity index (χ2n) is 5.82. The number of nitrogens with two attached hydrogens (primary N) is 1. The quantitative estimate of drug-likeness (QED) is 0.546. The lowest BCUT2D eigenvalue weighted by molar-refractivity contribution is -0.139. The van der Waals surface area contributed by atoms with Gasteiger partial charge in [-0.05, 0) is 31.2 Å². The summed E-state index contributed by atoms with van der Waals surface area (Å²) in [6, 6.07) is 8.29. The molecule has 6 nitrogen and oxygen atoms in total. The average Bonchev–Trinajstić information content (AvgIpc) is 2.52. The lowest BCUT2D eigenvalue weighted by Crippen LogP contribution is -2.49. The molecule has 5 N–H and O–H groups in total. The topological polar surface area (TPSA) is 113 Å². The number of carbonyl (C=O) groups is 2. The van der Waals surface area contributed by atoms with Crippen LogP contribution >= 0.6 is 0 Å². The molecule has 0 aliphatic heterocycles. The molecule has 0 radical (unpaired) electrons. The smallest absolute Gasteiger partial charge is 0.305 e. The fourth-order valence-corrected chi connectivity index (χ4v) is 2.47. The van der Waals surface area contributed by atoms with Crippen LogP contribution in [0.5, 0.6) is 0 Å². The largest absolute Gasteiger partial charge is 0.481 e. The summed E-state index contributed by atoms with van der Waals surface area (Å²) in [6.07, 6.45) is 0.216. The van der Waals surface area contributed by atoms with E-state index in [9.17, 15) is 14.7 Å². The van der Waals surface area contributed by atoms with Gasteiger partial charge >= 0.3 is 5.97 Å². The average molecular weight is 322 g/mol. The van der Waals surface area contributed by atoms with Crippen LogP contribution in [0.3, 0.4) is 0 Å². The SMILES string of the molecule is CC[C@@H](C[C@H](O)[C@@H](C)NC(=O)[C@@H](N)CC(=O)O)c1ccccc1. The van der Waals surface area contributed by atoms with Crippen LogP contribution in [0.25, 0.3) is 0 Å². The summed E-state index contributed by atoms with van der Waals surface area (Å²) in [6.45, 7) is 3.74. The lowest BCUT2D eigenvalue weighted by atomic mass is 9.89. The number of amides is 1. The van der Waals surface area contributed by atoms with Gasteiger partial charge in [0.2, 0.25) is 5.91 Å². The normalized spacial score (nSPS) is 16.2. The third-order valence-corrected chi connectivity index (χ3v) is 3.97. The molecule has 0 spiro atoms. The minimum absolute atomic E-state index is 0.193. The number of hydrogen-bond donors (Lipinski definition) is 4. The fraction of sp³-hybridized carbons (Fsp3) is 0.529. The Morgan fingerprint density at radius 2 is 1.87 bits per heavy atom. The molecule has 0 saturated carbocycles. The summed E-state index contributed by atoms with van der Waals surface area (Å²) in [5.74, 6) is -1.50. The van der Waals surface area contributed by atoms with Crippen molar-refractivity contribution in [1.82, 2.24) is 5.32 Å². The van der Waals surface area contributed by atoms with Gasteiger partial charge in [0.15, 0.2) is 0 Å². The Kier molecular flexibility index (Phi) is 7.71. The van der Waals surface area contributed by atoms with E-state index in [0.717, 1.165) is 12.0 Å². The van der Waals surface area contributed by atoms with Gasteiger partial charge in [-0.1, -0.05) is 37.3 Å². The number of aliphatic hydroxyl groups is 1. The molecule has 1 amide bonds. The van der Waals surface area contributed by atoms with Crippen molar-refractivity contribution in [2.24, 2.45) is 5.73 Å². The van der Waals surface area contributed by atoms with Crippen LogP contribution in [0.15, 0.2) is 30.3 Å². The van der Waals surface area contributed by atoms with E-state index in [1.807, 2.05) is 30.3 Å². The molecule has 0 aliphatic carbocycles. The van der Waals surface area contributed by atoms with Gasteiger partial charge in [-0.15, -0.1) is 0 Å². The summed E-state index contributed by atoms with van der Waals surface area (Å²) in [7, 11) is 0. The van der Waals surface area contributed by atoms with Gasteiger partial charge < -0.3 is 21.3 Å². The van der Waals surface area contributed by atoms with Crippen molar-refractivity contribution in [3.8, 4) is 0 Å². The number of carbonyl (C=O) groups excluding carboxylic acids is 1. The maximum Gasteiger partial charge on any atom is 0.305 e. The Labute approximate surface area is 136 Å². The minimum Gasteiger partial charge on any atom is -0.481 e. The van der Waals surface area contributed by atoms with Crippen molar-refractivity contribution in [2.45, 2.75) is 57.2 Å². The molecule has 6 heteroatoms. The minimum atomic E-state index is -1.13. The predicted molar refractivity (Wildman–Crippen MR) is 87.9 cm³/mol. The van der Waals surface area contributed by atoms with Crippen LogP contribution in [0.2, 0.25) is 0 Å². The van der Waals surface area contributed by atoms with E-state index in [1.165, 1.54) is 0 Å². The van der Waals surface area contributed by atoms with Crippen molar-refractivity contribution < 1.29 is 19.8 Å². The molecule has 128 valence electrons. The van der Waals surface area contributed by atoms with Crippen LogP contribution in [-0.2, 0) is 9.59 Å². The van der Waals surface area contributed by atoms with Crippen molar-refractivity contribution in [3.63, 3.8) is 0 Å². The summed E-state index contributed by atoms with van der Waals surface area (Å²) in [5, 5.41) is 21.6. The summed E-state index contributed by atoms with van der Waals surface area (Å²) in [4.78, 5) is 22.4. The summed E-state index contributed by atoms with van der Waals surface area (Å²) >= 11 is 0. The van der Waals surface area contributed by atoms with Crippen LogP contribution in [0.4, 0.5) is 0 Å². The molecule has 0 saturated heterocycles. The number of aliphatic carboxylic acids is 1. The van der Waals surface area contributed by atoms with Crippen molar-refractivity contribution in [1.29, 1.82) is 0 Å². The van der Waals surface area contributed by atoms with E-state index in [-0.39, 0.29) is 5.92 Å². The van der Waals surface area contributed by atoms with Gasteiger partial charge in [0.1, 0.15) is 0 Å². The predicted octanol–water partition coefficient (Wildman–Crippen LogP) is 1.24. The first-order chi connectivity index (χ1) is 10.8. The van der Waals surface area contributed by atoms with E-state index in [4.69, 9.17) is 10.8 Å². The fourth-order valence-electron chi connectivity index (χ4n) is 2.47. The number of rotatable bonds is 9. The molecule has 0 bridgehead atoms. The number of benzene rings is 1. The highest BCUT2D eigenvalue weighted by molar-refractivity contribution is 5.86. The Morgan fingerprint density at radius 3 is 2.39 bits per heavy atom. The Bertz CT molecular complexity index is 507. The molecular formula is C17H26N2O4. The molecule has 1 aromatic rings. The van der Waals surface area contributed by atoms with Gasteiger partial charge in [0.05, 0.1) is 24.6 Å². The second kappa shape index (κ2) is 9.27. The number of nitrogens with one attached hydrogen (secondary N) is 1. The zero-order valence-corrected chi connectivity index (χ0v) is 13.6. The zero-order chi connectivity index (χ0) is 17.4. The lowest BCUT2D eigenvalue weighted by Gasteiger charge is -2.25. The molecule has 1 aromatic carbocycles. The molecule has 1 rings (SSSR count). The van der Waals surface area contributed by atoms with Crippen LogP contribution < -0.4 is 11.1 Å². The third kappa shape index (κ3) is 6.38. The molecular weight excluding hydrogens is 296 g/mol. The standard InChI is InChI=1S/C17H26N2O4/c1-3-12(13-7-5-4-6-8-13)9-15(20)11(2)19-17(23)14(18)10-16(21)22/h4-8,11-12,14-15,20H,3,9-10,18H2,1-2H3,(H,19,23)(H,21,22)/t11-,12+,14+,15+/m1/s1. The summed E-state index contributed by atoms with van der Waals surface area (Å²) in [5.41, 5.74) is 6.66. The van der Waals surface area contributed by atoms with E-state index in [2.05, 4.69) is 12.2 Å². The number of carboxylic acids is 1. The second-order valence-corrected chi connectivity index (χ2v) is 5.82. The zero-order valence-electron chi connectivity index (χ0n) is 13.6. The molecule has 0 heterocycles.